The molecule has 1 aliphatic carbocycles. The average molecular weight is 273 g/mol. The van der Waals surface area contributed by atoms with Gasteiger partial charge in [-0.25, -0.2) is 0 Å². The SMILES string of the molecule is CC1CCCC(O)(Cc2cccc(Cl)c2Cl)C1. The third kappa shape index (κ3) is 3.15. The second kappa shape index (κ2) is 5.17. The van der Waals surface area contributed by atoms with Gasteiger partial charge in [0.05, 0.1) is 15.6 Å². The fraction of sp³-hybridized carbons (Fsp3) is 0.571. The number of rotatable bonds is 2. The Hall–Kier alpha value is -0.240. The van der Waals surface area contributed by atoms with Crippen molar-refractivity contribution in [2.24, 2.45) is 5.92 Å². The maximum Gasteiger partial charge on any atom is 0.0691 e. The van der Waals surface area contributed by atoms with Crippen LogP contribution in [0.2, 0.25) is 10.0 Å². The van der Waals surface area contributed by atoms with Crippen LogP contribution in [0.15, 0.2) is 18.2 Å². The number of hydrogen-bond donors (Lipinski definition) is 1. The van der Waals surface area contributed by atoms with E-state index in [-0.39, 0.29) is 0 Å². The highest BCUT2D eigenvalue weighted by Crippen LogP contribution is 2.37. The molecule has 0 amide bonds. The van der Waals surface area contributed by atoms with Crippen molar-refractivity contribution in [1.82, 2.24) is 0 Å². The molecule has 1 N–H and O–H groups in total. The Kier molecular flexibility index (Phi) is 4.02. The van der Waals surface area contributed by atoms with Gasteiger partial charge in [0, 0.05) is 6.42 Å². The van der Waals surface area contributed by atoms with Crippen LogP contribution in [0.25, 0.3) is 0 Å². The first kappa shape index (κ1) is 13.2. The number of halogens is 2. The number of hydrogen-bond acceptors (Lipinski definition) is 1. The Labute approximate surface area is 113 Å². The first-order valence-electron chi connectivity index (χ1n) is 6.15. The van der Waals surface area contributed by atoms with Crippen LogP contribution in [0.5, 0.6) is 0 Å². The molecule has 0 heterocycles. The van der Waals surface area contributed by atoms with Crippen LogP contribution in [-0.4, -0.2) is 10.7 Å². The predicted molar refractivity (Wildman–Crippen MR) is 72.7 cm³/mol. The largest absolute Gasteiger partial charge is 0.390 e. The highest BCUT2D eigenvalue weighted by Gasteiger charge is 2.33. The second-order valence-corrected chi connectivity index (χ2v) is 6.10. The van der Waals surface area contributed by atoms with Crippen LogP contribution in [0, 0.1) is 5.92 Å². The highest BCUT2D eigenvalue weighted by atomic mass is 35.5. The van der Waals surface area contributed by atoms with Gasteiger partial charge in [-0.15, -0.1) is 0 Å². The zero-order valence-corrected chi connectivity index (χ0v) is 11.6. The molecule has 0 saturated heterocycles. The van der Waals surface area contributed by atoms with Crippen molar-refractivity contribution in [1.29, 1.82) is 0 Å². The molecule has 1 aromatic carbocycles. The van der Waals surface area contributed by atoms with Gasteiger partial charge < -0.3 is 5.11 Å². The molecule has 1 saturated carbocycles. The molecule has 1 aromatic rings. The quantitative estimate of drug-likeness (QED) is 0.842. The second-order valence-electron chi connectivity index (χ2n) is 5.32. The summed E-state index contributed by atoms with van der Waals surface area (Å²) in [5.74, 6) is 0.590. The molecule has 2 unspecified atom stereocenters. The van der Waals surface area contributed by atoms with Crippen LogP contribution >= 0.6 is 23.2 Å². The van der Waals surface area contributed by atoms with Gasteiger partial charge in [-0.05, 0) is 30.4 Å². The monoisotopic (exact) mass is 272 g/mol. The van der Waals surface area contributed by atoms with Crippen LogP contribution in [-0.2, 0) is 6.42 Å². The van der Waals surface area contributed by atoms with Gasteiger partial charge in [0.25, 0.3) is 0 Å². The Morgan fingerprint density at radius 3 is 2.88 bits per heavy atom. The van der Waals surface area contributed by atoms with Gasteiger partial charge in [0.2, 0.25) is 0 Å². The number of aliphatic hydroxyl groups is 1. The van der Waals surface area contributed by atoms with Crippen LogP contribution < -0.4 is 0 Å². The minimum atomic E-state index is -0.605. The van der Waals surface area contributed by atoms with Gasteiger partial charge in [0.1, 0.15) is 0 Å². The van der Waals surface area contributed by atoms with Crippen LogP contribution in [0.3, 0.4) is 0 Å². The molecule has 2 rings (SSSR count). The van der Waals surface area contributed by atoms with Crippen molar-refractivity contribution in [2.45, 2.75) is 44.6 Å². The lowest BCUT2D eigenvalue weighted by molar-refractivity contribution is -0.0123. The summed E-state index contributed by atoms with van der Waals surface area (Å²) in [6.07, 6.45) is 4.63. The van der Waals surface area contributed by atoms with E-state index >= 15 is 0 Å². The lowest BCUT2D eigenvalue weighted by Crippen LogP contribution is -2.36. The van der Waals surface area contributed by atoms with Crippen molar-refractivity contribution in [3.63, 3.8) is 0 Å². The van der Waals surface area contributed by atoms with Crippen molar-refractivity contribution in [2.75, 3.05) is 0 Å². The van der Waals surface area contributed by atoms with Crippen LogP contribution in [0.1, 0.15) is 38.2 Å². The van der Waals surface area contributed by atoms with E-state index in [4.69, 9.17) is 23.2 Å². The summed E-state index contributed by atoms with van der Waals surface area (Å²) in [6.45, 7) is 2.20. The van der Waals surface area contributed by atoms with Crippen molar-refractivity contribution in [3.8, 4) is 0 Å². The van der Waals surface area contributed by atoms with Crippen LogP contribution in [0.4, 0.5) is 0 Å². The van der Waals surface area contributed by atoms with Crippen molar-refractivity contribution in [3.05, 3.63) is 33.8 Å². The topological polar surface area (TPSA) is 20.2 Å². The molecule has 1 fully saturated rings. The molecule has 17 heavy (non-hydrogen) atoms. The summed E-state index contributed by atoms with van der Waals surface area (Å²) < 4.78 is 0. The van der Waals surface area contributed by atoms with Gasteiger partial charge >= 0.3 is 0 Å². The Balaban J connectivity index is 2.17. The van der Waals surface area contributed by atoms with E-state index < -0.39 is 5.60 Å². The van der Waals surface area contributed by atoms with Crippen molar-refractivity contribution >= 4 is 23.2 Å². The van der Waals surface area contributed by atoms with E-state index in [9.17, 15) is 5.11 Å². The van der Waals surface area contributed by atoms with Gasteiger partial charge in [0.15, 0.2) is 0 Å². The lowest BCUT2D eigenvalue weighted by atomic mass is 9.76. The summed E-state index contributed by atoms with van der Waals surface area (Å²) >= 11 is 12.2. The van der Waals surface area contributed by atoms with Crippen molar-refractivity contribution < 1.29 is 5.11 Å². The molecule has 0 aromatic heterocycles. The predicted octanol–water partition coefficient (Wildman–Crippen LogP) is 4.48. The van der Waals surface area contributed by atoms with Gasteiger partial charge in [-0.1, -0.05) is 55.1 Å². The molecule has 3 heteroatoms. The molecule has 94 valence electrons. The Morgan fingerprint density at radius 2 is 2.18 bits per heavy atom. The lowest BCUT2D eigenvalue weighted by Gasteiger charge is -2.36. The summed E-state index contributed by atoms with van der Waals surface area (Å²) in [5, 5.41) is 11.8. The molecule has 0 spiro atoms. The average Bonchev–Trinajstić information content (AvgIpc) is 2.24. The fourth-order valence-electron chi connectivity index (χ4n) is 2.83. The molecule has 0 aliphatic heterocycles. The maximum absolute atomic E-state index is 10.6. The number of benzene rings is 1. The minimum Gasteiger partial charge on any atom is -0.390 e. The normalized spacial score (nSPS) is 29.3. The zero-order valence-electron chi connectivity index (χ0n) is 10.0. The Bertz CT molecular complexity index is 405. The molecule has 2 atom stereocenters. The molecule has 1 nitrogen and oxygen atoms in total. The standard InChI is InChI=1S/C14H18Cl2O/c1-10-4-3-7-14(17,8-10)9-11-5-2-6-12(15)13(11)16/h2,5-6,10,17H,3-4,7-9H2,1H3. The Morgan fingerprint density at radius 1 is 1.41 bits per heavy atom. The summed E-state index contributed by atoms with van der Waals surface area (Å²) in [7, 11) is 0. The molecular weight excluding hydrogens is 255 g/mol. The molecule has 0 radical (unpaired) electrons. The third-order valence-electron chi connectivity index (χ3n) is 3.62. The summed E-state index contributed by atoms with van der Waals surface area (Å²) in [6, 6.07) is 5.62. The third-order valence-corrected chi connectivity index (χ3v) is 4.48. The fourth-order valence-corrected chi connectivity index (χ4v) is 3.22. The van der Waals surface area contributed by atoms with E-state index in [1.807, 2.05) is 12.1 Å². The van der Waals surface area contributed by atoms with E-state index in [0.29, 0.717) is 22.4 Å². The summed E-state index contributed by atoms with van der Waals surface area (Å²) in [5.41, 5.74) is 0.349. The van der Waals surface area contributed by atoms with E-state index in [0.717, 1.165) is 24.8 Å². The van der Waals surface area contributed by atoms with E-state index in [1.54, 1.807) is 6.07 Å². The maximum atomic E-state index is 10.6. The van der Waals surface area contributed by atoms with Gasteiger partial charge in [-0.3, -0.25) is 0 Å². The molecule has 0 bridgehead atoms. The first-order chi connectivity index (χ1) is 8.00. The smallest absolute Gasteiger partial charge is 0.0691 e. The first-order valence-corrected chi connectivity index (χ1v) is 6.91. The summed E-state index contributed by atoms with van der Waals surface area (Å²) in [4.78, 5) is 0. The van der Waals surface area contributed by atoms with E-state index in [2.05, 4.69) is 6.92 Å². The highest BCUT2D eigenvalue weighted by molar-refractivity contribution is 6.42. The molecular formula is C14H18Cl2O. The van der Waals surface area contributed by atoms with Gasteiger partial charge in [-0.2, -0.15) is 0 Å². The van der Waals surface area contributed by atoms with E-state index in [1.165, 1.54) is 6.42 Å². The zero-order chi connectivity index (χ0) is 12.5. The minimum absolute atomic E-state index is 0.566. The molecule has 1 aliphatic rings.